The van der Waals surface area contributed by atoms with Crippen molar-refractivity contribution in [1.82, 2.24) is 25.0 Å². The monoisotopic (exact) mass is 555 g/mol. The molecule has 6 nitrogen and oxygen atoms in total. The van der Waals surface area contributed by atoms with Crippen molar-refractivity contribution in [3.63, 3.8) is 0 Å². The minimum absolute atomic E-state index is 0.0511. The Morgan fingerprint density at radius 3 is 2.74 bits per heavy atom. The van der Waals surface area contributed by atoms with Crippen molar-refractivity contribution < 1.29 is 13.5 Å². The molecule has 39 heavy (non-hydrogen) atoms. The van der Waals surface area contributed by atoms with E-state index in [0.29, 0.717) is 0 Å². The molecular formula is C30H39F2N5OS. The molecule has 4 aliphatic rings. The van der Waals surface area contributed by atoms with Crippen LogP contribution in [0.3, 0.4) is 0 Å². The molecule has 1 N–H and O–H groups in total. The Morgan fingerprint density at radius 1 is 1.15 bits per heavy atom. The van der Waals surface area contributed by atoms with Crippen LogP contribution in [0.1, 0.15) is 79.1 Å². The van der Waals surface area contributed by atoms with Crippen molar-refractivity contribution in [1.29, 1.82) is 0 Å². The van der Waals surface area contributed by atoms with E-state index < -0.39 is 11.3 Å². The van der Waals surface area contributed by atoms with E-state index in [2.05, 4.69) is 39.7 Å². The number of rotatable bonds is 8. The van der Waals surface area contributed by atoms with Crippen LogP contribution in [0.4, 0.5) is 8.78 Å². The van der Waals surface area contributed by atoms with Crippen molar-refractivity contribution in [2.24, 2.45) is 18.9 Å². The van der Waals surface area contributed by atoms with Gasteiger partial charge in [-0.05, 0) is 55.7 Å². The first-order chi connectivity index (χ1) is 18.7. The average Bonchev–Trinajstić information content (AvgIpc) is 3.35. The van der Waals surface area contributed by atoms with E-state index in [4.69, 9.17) is 9.72 Å². The van der Waals surface area contributed by atoms with E-state index in [-0.39, 0.29) is 25.2 Å². The number of ether oxygens (including phenoxy) is 1. The lowest BCUT2D eigenvalue weighted by atomic mass is 9.68. The van der Waals surface area contributed by atoms with Crippen molar-refractivity contribution >= 4 is 22.2 Å². The van der Waals surface area contributed by atoms with E-state index in [1.165, 1.54) is 47.9 Å². The van der Waals surface area contributed by atoms with Gasteiger partial charge in [0.05, 0.1) is 16.2 Å². The number of aromatic nitrogens is 3. The van der Waals surface area contributed by atoms with Crippen LogP contribution in [0.2, 0.25) is 0 Å². The summed E-state index contributed by atoms with van der Waals surface area (Å²) in [6.45, 7) is 6.05. The second kappa shape index (κ2) is 9.86. The minimum Gasteiger partial charge on any atom is -0.348 e. The summed E-state index contributed by atoms with van der Waals surface area (Å²) in [4.78, 5) is 8.72. The van der Waals surface area contributed by atoms with Gasteiger partial charge in [-0.15, -0.1) is 11.3 Å². The number of hydrogen-bond donors (Lipinski definition) is 1. The molecule has 210 valence electrons. The highest BCUT2D eigenvalue weighted by Gasteiger charge is 2.56. The summed E-state index contributed by atoms with van der Waals surface area (Å²) >= 11 is 1.69. The zero-order valence-corrected chi connectivity index (χ0v) is 23.8. The van der Waals surface area contributed by atoms with E-state index in [1.807, 2.05) is 18.7 Å². The van der Waals surface area contributed by atoms with Gasteiger partial charge in [0.15, 0.2) is 0 Å². The fourth-order valence-electron chi connectivity index (χ4n) is 7.25. The average molecular weight is 556 g/mol. The number of epoxide rings is 1. The number of thiazole rings is 1. The lowest BCUT2D eigenvalue weighted by Gasteiger charge is -2.43. The standard InChI is InChI=1S/C30H39F2N5OS/c1-29(17-30(31,32)18-29)28-34-24-16-37(13-11-25(24)39-28)12-10-19-6-8-20(9-7-19)14-33-27-26(38-27)21-4-3-5-23-22(21)15-36(2)35-23/h3-5,15,19-20,26-27,33H,6-14,16-18H2,1-2H3/t19?,20?,26-,27?/m0/s1. The Balaban J connectivity index is 0.833. The molecule has 9 heteroatoms. The number of nitrogens with zero attached hydrogens (tertiary/aromatic N) is 4. The first-order valence-corrected chi connectivity index (χ1v) is 15.5. The predicted octanol–water partition coefficient (Wildman–Crippen LogP) is 5.96. The smallest absolute Gasteiger partial charge is 0.250 e. The van der Waals surface area contributed by atoms with Gasteiger partial charge in [-0.3, -0.25) is 14.9 Å². The van der Waals surface area contributed by atoms with Crippen LogP contribution in [-0.4, -0.2) is 51.4 Å². The molecule has 2 aromatic heterocycles. The number of benzene rings is 1. The van der Waals surface area contributed by atoms with Gasteiger partial charge in [0, 0.05) is 61.4 Å². The van der Waals surface area contributed by atoms with Gasteiger partial charge in [-0.25, -0.2) is 13.8 Å². The summed E-state index contributed by atoms with van der Waals surface area (Å²) in [5.74, 6) is -0.977. The summed E-state index contributed by atoms with van der Waals surface area (Å²) < 4.78 is 34.9. The molecule has 1 aromatic carbocycles. The second-order valence-corrected chi connectivity index (χ2v) is 13.9. The van der Waals surface area contributed by atoms with Gasteiger partial charge < -0.3 is 4.74 Å². The van der Waals surface area contributed by atoms with Crippen LogP contribution < -0.4 is 5.32 Å². The maximum Gasteiger partial charge on any atom is 0.250 e. The lowest BCUT2D eigenvalue weighted by Crippen LogP contribution is -2.47. The van der Waals surface area contributed by atoms with Crippen LogP contribution in [0.25, 0.3) is 10.9 Å². The van der Waals surface area contributed by atoms with Crippen LogP contribution in [-0.2, 0) is 30.2 Å². The van der Waals surface area contributed by atoms with Gasteiger partial charge in [0.1, 0.15) is 12.3 Å². The van der Waals surface area contributed by atoms with E-state index in [9.17, 15) is 8.78 Å². The highest BCUT2D eigenvalue weighted by Crippen LogP contribution is 2.54. The molecule has 0 spiro atoms. The summed E-state index contributed by atoms with van der Waals surface area (Å²) in [7, 11) is 1.96. The zero-order chi connectivity index (χ0) is 26.8. The summed E-state index contributed by atoms with van der Waals surface area (Å²) in [6, 6.07) is 6.29. The Morgan fingerprint density at radius 2 is 1.95 bits per heavy atom. The first-order valence-electron chi connectivity index (χ1n) is 14.7. The molecule has 7 rings (SSSR count). The normalized spacial score (nSPS) is 29.7. The zero-order valence-electron chi connectivity index (χ0n) is 23.0. The molecule has 4 heterocycles. The molecule has 0 radical (unpaired) electrons. The highest BCUT2D eigenvalue weighted by molar-refractivity contribution is 7.12. The molecule has 2 aliphatic heterocycles. The minimum atomic E-state index is -2.51. The molecule has 2 saturated carbocycles. The molecule has 2 atom stereocenters. The maximum atomic E-state index is 13.5. The van der Waals surface area contributed by atoms with Crippen molar-refractivity contribution in [3.8, 4) is 0 Å². The largest absolute Gasteiger partial charge is 0.348 e. The second-order valence-electron chi connectivity index (χ2n) is 12.8. The summed E-state index contributed by atoms with van der Waals surface area (Å²) in [5.41, 5.74) is 2.98. The Kier molecular flexibility index (Phi) is 6.57. The Hall–Kier alpha value is -1.94. The SMILES string of the molecule is Cn1cc2c([C@@H]3OC3NCC3CCC(CCN4CCc5sc(C6(C)CC(F)(F)C6)nc5C4)CC3)cccc2n1. The van der Waals surface area contributed by atoms with Crippen LogP contribution in [0, 0.1) is 11.8 Å². The highest BCUT2D eigenvalue weighted by atomic mass is 32.1. The van der Waals surface area contributed by atoms with Gasteiger partial charge in [0.25, 0.3) is 0 Å². The van der Waals surface area contributed by atoms with E-state index >= 15 is 0 Å². The Labute approximate surface area is 233 Å². The molecule has 1 unspecified atom stereocenters. The fraction of sp³-hybridized carbons (Fsp3) is 0.667. The van der Waals surface area contributed by atoms with Crippen LogP contribution in [0.5, 0.6) is 0 Å². The van der Waals surface area contributed by atoms with E-state index in [0.717, 1.165) is 60.7 Å². The van der Waals surface area contributed by atoms with Gasteiger partial charge in [-0.2, -0.15) is 5.10 Å². The molecule has 0 amide bonds. The van der Waals surface area contributed by atoms with Crippen molar-refractivity contribution in [2.75, 3.05) is 19.6 Å². The molecular weight excluding hydrogens is 516 g/mol. The number of hydrogen-bond acceptors (Lipinski definition) is 6. The predicted molar refractivity (Wildman–Crippen MR) is 149 cm³/mol. The van der Waals surface area contributed by atoms with Gasteiger partial charge >= 0.3 is 0 Å². The third-order valence-electron chi connectivity index (χ3n) is 9.54. The van der Waals surface area contributed by atoms with Crippen molar-refractivity contribution in [3.05, 3.63) is 45.5 Å². The summed E-state index contributed by atoms with van der Waals surface area (Å²) in [5, 5.41) is 10.3. The number of fused-ring (bicyclic) bond motifs is 2. The number of alkyl halides is 2. The lowest BCUT2D eigenvalue weighted by molar-refractivity contribution is -0.121. The van der Waals surface area contributed by atoms with Crippen LogP contribution >= 0.6 is 11.3 Å². The maximum absolute atomic E-state index is 13.5. The third-order valence-corrected chi connectivity index (χ3v) is 11.0. The quantitative estimate of drug-likeness (QED) is 0.348. The van der Waals surface area contributed by atoms with Gasteiger partial charge in [0.2, 0.25) is 5.92 Å². The van der Waals surface area contributed by atoms with Crippen molar-refractivity contribution in [2.45, 2.75) is 88.5 Å². The molecule has 3 aromatic rings. The first kappa shape index (κ1) is 26.0. The van der Waals surface area contributed by atoms with Gasteiger partial charge in [-0.1, -0.05) is 31.9 Å². The van der Waals surface area contributed by atoms with Crippen LogP contribution in [0.15, 0.2) is 24.4 Å². The number of nitrogens with one attached hydrogen (secondary N) is 1. The molecule has 0 bridgehead atoms. The molecule has 3 fully saturated rings. The summed E-state index contributed by atoms with van der Waals surface area (Å²) in [6.07, 6.45) is 9.68. The third kappa shape index (κ3) is 5.27. The molecule has 2 aliphatic carbocycles. The number of aryl methyl sites for hydroxylation is 1. The molecule has 1 saturated heterocycles. The fourth-order valence-corrected chi connectivity index (χ4v) is 8.45. The number of halogens is 2. The Bertz CT molecular complexity index is 1340. The van der Waals surface area contributed by atoms with E-state index in [1.54, 1.807) is 11.3 Å². The topological polar surface area (TPSA) is 58.5 Å².